The minimum absolute atomic E-state index is 0.580. The molecule has 5 heteroatoms. The van der Waals surface area contributed by atoms with Crippen molar-refractivity contribution in [3.8, 4) is 10.7 Å². The van der Waals surface area contributed by atoms with E-state index in [4.69, 9.17) is 5.73 Å². The molecule has 0 saturated heterocycles. The largest absolute Gasteiger partial charge is 0.337 e. The second-order valence-corrected chi connectivity index (χ2v) is 5.80. The van der Waals surface area contributed by atoms with Crippen LogP contribution >= 0.6 is 27.3 Å². The number of H-pyrrole nitrogens is 1. The standard InChI is InChI=1S/C12H10BrN3S/c13-7-1-3-9-10(5-7)16-12(15-9)11-4-2-8(6-14)17-11/h1-5H,6,14H2,(H,15,16). The molecule has 0 radical (unpaired) electrons. The van der Waals surface area contributed by atoms with Gasteiger partial charge in [0.25, 0.3) is 0 Å². The van der Waals surface area contributed by atoms with Crippen molar-refractivity contribution in [1.82, 2.24) is 9.97 Å². The quantitative estimate of drug-likeness (QED) is 0.761. The molecule has 2 aromatic heterocycles. The summed E-state index contributed by atoms with van der Waals surface area (Å²) >= 11 is 5.13. The number of aromatic nitrogens is 2. The third kappa shape index (κ3) is 2.01. The molecule has 0 bridgehead atoms. The maximum atomic E-state index is 5.61. The highest BCUT2D eigenvalue weighted by molar-refractivity contribution is 9.10. The highest BCUT2D eigenvalue weighted by Crippen LogP contribution is 2.28. The Morgan fingerprint density at radius 2 is 2.18 bits per heavy atom. The molecule has 0 unspecified atom stereocenters. The van der Waals surface area contributed by atoms with E-state index in [1.165, 1.54) is 4.88 Å². The summed E-state index contributed by atoms with van der Waals surface area (Å²) in [5, 5.41) is 0. The summed E-state index contributed by atoms with van der Waals surface area (Å²) in [6, 6.07) is 10.1. The van der Waals surface area contributed by atoms with E-state index in [-0.39, 0.29) is 0 Å². The average molecular weight is 308 g/mol. The number of nitrogens with zero attached hydrogens (tertiary/aromatic N) is 1. The Labute approximate surface area is 111 Å². The predicted octanol–water partition coefficient (Wildman–Crippen LogP) is 3.51. The molecule has 3 rings (SSSR count). The predicted molar refractivity (Wildman–Crippen MR) is 75.0 cm³/mol. The minimum Gasteiger partial charge on any atom is -0.337 e. The van der Waals surface area contributed by atoms with E-state index in [1.807, 2.05) is 24.3 Å². The van der Waals surface area contributed by atoms with Gasteiger partial charge in [-0.3, -0.25) is 0 Å². The van der Waals surface area contributed by atoms with Crippen molar-refractivity contribution in [2.75, 3.05) is 0 Å². The average Bonchev–Trinajstić information content (AvgIpc) is 2.93. The first-order valence-electron chi connectivity index (χ1n) is 5.20. The van der Waals surface area contributed by atoms with Crippen LogP contribution in [-0.4, -0.2) is 9.97 Å². The van der Waals surface area contributed by atoms with Gasteiger partial charge in [-0.05, 0) is 30.3 Å². The molecule has 2 heterocycles. The first kappa shape index (κ1) is 11.0. The monoisotopic (exact) mass is 307 g/mol. The number of imidazole rings is 1. The Hall–Kier alpha value is -1.17. The normalized spacial score (nSPS) is 11.2. The molecule has 0 aliphatic rings. The van der Waals surface area contributed by atoms with Crippen LogP contribution in [0.25, 0.3) is 21.7 Å². The molecule has 0 saturated carbocycles. The fourth-order valence-corrected chi connectivity index (χ4v) is 2.91. The lowest BCUT2D eigenvalue weighted by atomic mass is 10.3. The summed E-state index contributed by atoms with van der Waals surface area (Å²) in [5.74, 6) is 0.905. The Balaban J connectivity index is 2.11. The molecule has 3 N–H and O–H groups in total. The van der Waals surface area contributed by atoms with Crippen molar-refractivity contribution in [3.05, 3.63) is 39.7 Å². The third-order valence-corrected chi connectivity index (χ3v) is 4.15. The molecule has 0 spiro atoms. The molecule has 0 fully saturated rings. The van der Waals surface area contributed by atoms with Gasteiger partial charge in [-0.2, -0.15) is 0 Å². The minimum atomic E-state index is 0.580. The smallest absolute Gasteiger partial charge is 0.148 e. The van der Waals surface area contributed by atoms with Crippen LogP contribution in [0.5, 0.6) is 0 Å². The number of rotatable bonds is 2. The molecule has 17 heavy (non-hydrogen) atoms. The van der Waals surface area contributed by atoms with Gasteiger partial charge in [0.2, 0.25) is 0 Å². The first-order chi connectivity index (χ1) is 8.26. The molecule has 0 amide bonds. The molecule has 3 aromatic rings. The Morgan fingerprint density at radius 1 is 1.29 bits per heavy atom. The van der Waals surface area contributed by atoms with Crippen molar-refractivity contribution in [2.24, 2.45) is 5.73 Å². The van der Waals surface area contributed by atoms with Crippen molar-refractivity contribution in [2.45, 2.75) is 6.54 Å². The van der Waals surface area contributed by atoms with E-state index in [0.29, 0.717) is 6.54 Å². The van der Waals surface area contributed by atoms with Gasteiger partial charge in [0.1, 0.15) is 5.82 Å². The molecule has 0 aliphatic heterocycles. The molecule has 86 valence electrons. The zero-order valence-corrected chi connectivity index (χ0v) is 11.3. The van der Waals surface area contributed by atoms with Crippen molar-refractivity contribution in [1.29, 1.82) is 0 Å². The fourth-order valence-electron chi connectivity index (χ4n) is 1.71. The first-order valence-corrected chi connectivity index (χ1v) is 6.81. The topological polar surface area (TPSA) is 54.7 Å². The summed E-state index contributed by atoms with van der Waals surface area (Å²) in [7, 11) is 0. The van der Waals surface area contributed by atoms with Crippen LogP contribution in [0.4, 0.5) is 0 Å². The van der Waals surface area contributed by atoms with Gasteiger partial charge in [-0.1, -0.05) is 15.9 Å². The lowest BCUT2D eigenvalue weighted by Crippen LogP contribution is -1.91. The molecular weight excluding hydrogens is 298 g/mol. The second kappa shape index (κ2) is 4.25. The molecular formula is C12H10BrN3S. The number of aromatic amines is 1. The van der Waals surface area contributed by atoms with Crippen LogP contribution in [0.3, 0.4) is 0 Å². The Morgan fingerprint density at radius 3 is 2.94 bits per heavy atom. The molecule has 3 nitrogen and oxygen atoms in total. The number of hydrogen-bond donors (Lipinski definition) is 2. The van der Waals surface area contributed by atoms with E-state index >= 15 is 0 Å². The van der Waals surface area contributed by atoms with Gasteiger partial charge in [0, 0.05) is 15.9 Å². The second-order valence-electron chi connectivity index (χ2n) is 3.72. The van der Waals surface area contributed by atoms with Gasteiger partial charge in [0.15, 0.2) is 0 Å². The number of benzene rings is 1. The van der Waals surface area contributed by atoms with E-state index in [2.05, 4.69) is 32.0 Å². The van der Waals surface area contributed by atoms with Crippen LogP contribution in [0.15, 0.2) is 34.8 Å². The van der Waals surface area contributed by atoms with Crippen molar-refractivity contribution in [3.63, 3.8) is 0 Å². The number of halogens is 1. The van der Waals surface area contributed by atoms with Crippen LogP contribution in [0.1, 0.15) is 4.88 Å². The van der Waals surface area contributed by atoms with Gasteiger partial charge < -0.3 is 10.7 Å². The van der Waals surface area contributed by atoms with E-state index in [0.717, 1.165) is 26.2 Å². The summed E-state index contributed by atoms with van der Waals surface area (Å²) in [4.78, 5) is 10.2. The van der Waals surface area contributed by atoms with Crippen LogP contribution in [0, 0.1) is 0 Å². The lowest BCUT2D eigenvalue weighted by Gasteiger charge is -1.88. The highest BCUT2D eigenvalue weighted by Gasteiger charge is 2.07. The zero-order chi connectivity index (χ0) is 11.8. The summed E-state index contributed by atoms with van der Waals surface area (Å²) in [5.41, 5.74) is 7.63. The Kier molecular flexibility index (Phi) is 2.74. The number of nitrogens with one attached hydrogen (secondary N) is 1. The maximum Gasteiger partial charge on any atom is 0.148 e. The van der Waals surface area contributed by atoms with E-state index < -0.39 is 0 Å². The SMILES string of the molecule is NCc1ccc(-c2nc3ccc(Br)cc3[nH]2)s1. The van der Waals surface area contributed by atoms with Gasteiger partial charge >= 0.3 is 0 Å². The molecule has 0 aliphatic carbocycles. The van der Waals surface area contributed by atoms with E-state index in [1.54, 1.807) is 11.3 Å². The number of hydrogen-bond acceptors (Lipinski definition) is 3. The molecule has 1 aromatic carbocycles. The van der Waals surface area contributed by atoms with E-state index in [9.17, 15) is 0 Å². The van der Waals surface area contributed by atoms with Crippen molar-refractivity contribution < 1.29 is 0 Å². The highest BCUT2D eigenvalue weighted by atomic mass is 79.9. The van der Waals surface area contributed by atoms with Crippen molar-refractivity contribution >= 4 is 38.3 Å². The van der Waals surface area contributed by atoms with Gasteiger partial charge in [0.05, 0.1) is 15.9 Å². The maximum absolute atomic E-state index is 5.61. The summed E-state index contributed by atoms with van der Waals surface area (Å²) < 4.78 is 1.05. The number of thiophene rings is 1. The van der Waals surface area contributed by atoms with Crippen LogP contribution < -0.4 is 5.73 Å². The van der Waals surface area contributed by atoms with Crippen LogP contribution in [0.2, 0.25) is 0 Å². The Bertz CT molecular complexity index is 671. The molecule has 0 atom stereocenters. The fraction of sp³-hybridized carbons (Fsp3) is 0.0833. The summed E-state index contributed by atoms with van der Waals surface area (Å²) in [6.07, 6.45) is 0. The van der Waals surface area contributed by atoms with Crippen LogP contribution in [-0.2, 0) is 6.54 Å². The third-order valence-electron chi connectivity index (χ3n) is 2.54. The summed E-state index contributed by atoms with van der Waals surface area (Å²) in [6.45, 7) is 0.580. The number of fused-ring (bicyclic) bond motifs is 1. The lowest BCUT2D eigenvalue weighted by molar-refractivity contribution is 1.11. The van der Waals surface area contributed by atoms with Gasteiger partial charge in [-0.15, -0.1) is 11.3 Å². The zero-order valence-electron chi connectivity index (χ0n) is 8.90. The van der Waals surface area contributed by atoms with Gasteiger partial charge in [-0.25, -0.2) is 4.98 Å². The number of nitrogens with two attached hydrogens (primary N) is 1.